The van der Waals surface area contributed by atoms with Crippen molar-refractivity contribution in [1.29, 1.82) is 0 Å². The van der Waals surface area contributed by atoms with Crippen LogP contribution in [0.15, 0.2) is 52.6 Å². The zero-order valence-electron chi connectivity index (χ0n) is 11.9. The van der Waals surface area contributed by atoms with Crippen LogP contribution >= 0.6 is 11.3 Å². The SMILES string of the molecule is Cc1ccc(-c2nc(-c3ccc4[nH]c(=O)[nH]c4c3)cs2)cc1. The lowest BCUT2D eigenvalue weighted by atomic mass is 10.1. The van der Waals surface area contributed by atoms with Gasteiger partial charge in [-0.3, -0.25) is 0 Å². The number of thiazole rings is 1. The molecular formula is C17H13N3OS. The van der Waals surface area contributed by atoms with Crippen molar-refractivity contribution in [2.75, 3.05) is 0 Å². The molecular weight excluding hydrogens is 294 g/mol. The first-order valence-corrected chi connectivity index (χ1v) is 7.82. The number of aromatic nitrogens is 3. The van der Waals surface area contributed by atoms with Gasteiger partial charge in [0.25, 0.3) is 0 Å². The van der Waals surface area contributed by atoms with E-state index in [0.29, 0.717) is 0 Å². The van der Waals surface area contributed by atoms with E-state index in [-0.39, 0.29) is 5.69 Å². The van der Waals surface area contributed by atoms with Gasteiger partial charge in [-0.05, 0) is 19.1 Å². The summed E-state index contributed by atoms with van der Waals surface area (Å²) in [5, 5.41) is 3.04. The Hall–Kier alpha value is -2.66. The Kier molecular flexibility index (Phi) is 2.94. The molecule has 2 aromatic heterocycles. The molecule has 4 nitrogen and oxygen atoms in total. The van der Waals surface area contributed by atoms with Crippen LogP contribution in [0.5, 0.6) is 0 Å². The monoisotopic (exact) mass is 307 g/mol. The average molecular weight is 307 g/mol. The van der Waals surface area contributed by atoms with Crippen LogP contribution in [0.1, 0.15) is 5.56 Å². The highest BCUT2D eigenvalue weighted by Gasteiger charge is 2.08. The first-order chi connectivity index (χ1) is 10.7. The van der Waals surface area contributed by atoms with E-state index in [2.05, 4.69) is 41.2 Å². The summed E-state index contributed by atoms with van der Waals surface area (Å²) in [7, 11) is 0. The highest BCUT2D eigenvalue weighted by Crippen LogP contribution is 2.29. The summed E-state index contributed by atoms with van der Waals surface area (Å²) in [6, 6.07) is 14.2. The molecule has 0 saturated heterocycles. The van der Waals surface area contributed by atoms with Crippen molar-refractivity contribution in [3.05, 3.63) is 63.9 Å². The van der Waals surface area contributed by atoms with Crippen LogP contribution in [-0.2, 0) is 0 Å². The minimum absolute atomic E-state index is 0.189. The lowest BCUT2D eigenvalue weighted by Crippen LogP contribution is -1.99. The molecule has 0 atom stereocenters. The summed E-state index contributed by atoms with van der Waals surface area (Å²) in [5.41, 5.74) is 5.70. The third-order valence-corrected chi connectivity index (χ3v) is 4.51. The summed E-state index contributed by atoms with van der Waals surface area (Å²) in [5.74, 6) is 0. The highest BCUT2D eigenvalue weighted by molar-refractivity contribution is 7.13. The molecule has 2 heterocycles. The minimum Gasteiger partial charge on any atom is -0.306 e. The second-order valence-corrected chi connectivity index (χ2v) is 6.10. The van der Waals surface area contributed by atoms with Crippen molar-refractivity contribution in [3.63, 3.8) is 0 Å². The number of H-pyrrole nitrogens is 2. The predicted molar refractivity (Wildman–Crippen MR) is 90.2 cm³/mol. The fraction of sp³-hybridized carbons (Fsp3) is 0.0588. The molecule has 2 N–H and O–H groups in total. The fourth-order valence-corrected chi connectivity index (χ4v) is 3.26. The lowest BCUT2D eigenvalue weighted by Gasteiger charge is -1.98. The van der Waals surface area contributed by atoms with Gasteiger partial charge >= 0.3 is 5.69 Å². The zero-order chi connectivity index (χ0) is 15.1. The average Bonchev–Trinajstić information content (AvgIpc) is 3.12. The molecule has 0 bridgehead atoms. The molecule has 0 saturated carbocycles. The van der Waals surface area contributed by atoms with E-state index < -0.39 is 0 Å². The Morgan fingerprint density at radius 3 is 2.50 bits per heavy atom. The quantitative estimate of drug-likeness (QED) is 0.589. The van der Waals surface area contributed by atoms with Gasteiger partial charge in [0, 0.05) is 16.5 Å². The molecule has 0 aliphatic heterocycles. The first kappa shape index (κ1) is 13.0. The number of imidazole rings is 1. The van der Waals surface area contributed by atoms with Crippen molar-refractivity contribution in [2.24, 2.45) is 0 Å². The Labute approximate surface area is 130 Å². The molecule has 5 heteroatoms. The normalized spacial score (nSPS) is 11.1. The van der Waals surface area contributed by atoms with Gasteiger partial charge in [0.2, 0.25) is 0 Å². The Morgan fingerprint density at radius 1 is 0.955 bits per heavy atom. The van der Waals surface area contributed by atoms with E-state index in [9.17, 15) is 4.79 Å². The van der Waals surface area contributed by atoms with Gasteiger partial charge in [-0.1, -0.05) is 35.9 Å². The molecule has 2 aromatic carbocycles. The second-order valence-electron chi connectivity index (χ2n) is 5.24. The number of nitrogens with one attached hydrogen (secondary N) is 2. The van der Waals surface area contributed by atoms with Gasteiger partial charge < -0.3 is 9.97 Å². The molecule has 0 spiro atoms. The number of aryl methyl sites for hydroxylation is 1. The number of aromatic amines is 2. The second kappa shape index (κ2) is 4.96. The van der Waals surface area contributed by atoms with Crippen LogP contribution < -0.4 is 5.69 Å². The molecule has 0 aliphatic carbocycles. The maximum absolute atomic E-state index is 11.3. The summed E-state index contributed by atoms with van der Waals surface area (Å²) in [6.45, 7) is 2.07. The Bertz CT molecular complexity index is 1010. The van der Waals surface area contributed by atoms with Crippen LogP contribution in [0.4, 0.5) is 0 Å². The predicted octanol–water partition coefficient (Wildman–Crippen LogP) is 3.96. The molecule has 0 radical (unpaired) electrons. The van der Waals surface area contributed by atoms with E-state index in [1.54, 1.807) is 11.3 Å². The van der Waals surface area contributed by atoms with Crippen LogP contribution in [0, 0.1) is 6.92 Å². The maximum Gasteiger partial charge on any atom is 0.323 e. The van der Waals surface area contributed by atoms with Crippen molar-refractivity contribution < 1.29 is 0 Å². The highest BCUT2D eigenvalue weighted by atomic mass is 32.1. The summed E-state index contributed by atoms with van der Waals surface area (Å²) in [4.78, 5) is 21.6. The first-order valence-electron chi connectivity index (χ1n) is 6.94. The topological polar surface area (TPSA) is 61.5 Å². The van der Waals surface area contributed by atoms with Gasteiger partial charge in [-0.15, -0.1) is 11.3 Å². The molecule has 4 aromatic rings. The van der Waals surface area contributed by atoms with Gasteiger partial charge in [-0.2, -0.15) is 0 Å². The van der Waals surface area contributed by atoms with Crippen LogP contribution in [0.25, 0.3) is 32.9 Å². The Morgan fingerprint density at radius 2 is 1.68 bits per heavy atom. The molecule has 0 unspecified atom stereocenters. The van der Waals surface area contributed by atoms with Gasteiger partial charge in [0.15, 0.2) is 0 Å². The summed E-state index contributed by atoms with van der Waals surface area (Å²) < 4.78 is 0. The van der Waals surface area contributed by atoms with Crippen molar-refractivity contribution in [2.45, 2.75) is 6.92 Å². The third-order valence-electron chi connectivity index (χ3n) is 3.61. The molecule has 22 heavy (non-hydrogen) atoms. The third kappa shape index (κ3) is 2.25. The number of fused-ring (bicyclic) bond motifs is 1. The van der Waals surface area contributed by atoms with Crippen molar-refractivity contribution in [3.8, 4) is 21.8 Å². The van der Waals surface area contributed by atoms with E-state index in [4.69, 9.17) is 4.98 Å². The maximum atomic E-state index is 11.3. The van der Waals surface area contributed by atoms with Gasteiger partial charge in [-0.25, -0.2) is 9.78 Å². The standard InChI is InChI=1S/C17H13N3OS/c1-10-2-4-11(5-3-10)16-18-15(9-22-16)12-6-7-13-14(8-12)20-17(21)19-13/h2-9H,1H3,(H2,19,20,21). The number of hydrogen-bond acceptors (Lipinski definition) is 3. The van der Waals surface area contributed by atoms with Gasteiger partial charge in [0.1, 0.15) is 5.01 Å². The molecule has 0 amide bonds. The minimum atomic E-state index is -0.189. The van der Waals surface area contributed by atoms with E-state index in [1.165, 1.54) is 5.56 Å². The van der Waals surface area contributed by atoms with E-state index in [1.807, 2.05) is 23.6 Å². The molecule has 4 rings (SSSR count). The lowest BCUT2D eigenvalue weighted by molar-refractivity contribution is 1.21. The Balaban J connectivity index is 1.75. The van der Waals surface area contributed by atoms with Crippen LogP contribution in [-0.4, -0.2) is 15.0 Å². The van der Waals surface area contributed by atoms with Crippen LogP contribution in [0.3, 0.4) is 0 Å². The van der Waals surface area contributed by atoms with Gasteiger partial charge in [0.05, 0.1) is 16.7 Å². The number of nitrogens with zero attached hydrogens (tertiary/aromatic N) is 1. The number of hydrogen-bond donors (Lipinski definition) is 2. The zero-order valence-corrected chi connectivity index (χ0v) is 12.7. The summed E-state index contributed by atoms with van der Waals surface area (Å²) >= 11 is 1.62. The number of benzene rings is 2. The van der Waals surface area contributed by atoms with Crippen molar-refractivity contribution in [1.82, 2.24) is 15.0 Å². The summed E-state index contributed by atoms with van der Waals surface area (Å²) in [6.07, 6.45) is 0. The van der Waals surface area contributed by atoms with Crippen molar-refractivity contribution >= 4 is 22.4 Å². The van der Waals surface area contributed by atoms with E-state index in [0.717, 1.165) is 32.9 Å². The number of rotatable bonds is 2. The smallest absolute Gasteiger partial charge is 0.306 e. The van der Waals surface area contributed by atoms with E-state index >= 15 is 0 Å². The molecule has 0 fully saturated rings. The molecule has 108 valence electrons. The largest absolute Gasteiger partial charge is 0.323 e. The fourth-order valence-electron chi connectivity index (χ4n) is 2.43. The van der Waals surface area contributed by atoms with Crippen LogP contribution in [0.2, 0.25) is 0 Å². The molecule has 0 aliphatic rings.